The molecule has 2 aromatic rings. The number of hydrogen-bond donors (Lipinski definition) is 5. The molecule has 5 N–H and O–H groups in total. The summed E-state index contributed by atoms with van der Waals surface area (Å²) in [5.74, 6) is -3.57. The van der Waals surface area contributed by atoms with E-state index in [4.69, 9.17) is 11.6 Å². The number of nitrogens with one attached hydrogen (secondary N) is 5. The normalized spacial score (nSPS) is 27.1. The Bertz CT molecular complexity index is 1930. The van der Waals surface area contributed by atoms with E-state index >= 15 is 0 Å². The molecule has 3 heterocycles. The quantitative estimate of drug-likeness (QED) is 0.276. The first-order valence-corrected chi connectivity index (χ1v) is 20.3. The topological polar surface area (TPSA) is 183 Å². The molecule has 2 aliphatic heterocycles. The number of fused-ring (bicyclic) bond motifs is 3. The SMILES string of the molecule is CC(C)(C)NC(=O)N[C@H]1CCCCCC=C[C@@H]2C[C@@]2(C(=O)NS(=O)(=O)C2CC2)NC(=O)[C@@H]2C[C@@H](NC(=O)c3sc4cc(F)ccc4c3Cl)CN2C1=O. The van der Waals surface area contributed by atoms with Crippen molar-refractivity contribution in [1.82, 2.24) is 30.9 Å². The first kappa shape index (κ1) is 38.0. The van der Waals surface area contributed by atoms with Gasteiger partial charge in [-0.1, -0.05) is 36.6 Å². The maximum absolute atomic E-state index is 14.4. The molecule has 0 unspecified atom stereocenters. The lowest BCUT2D eigenvalue weighted by Crippen LogP contribution is -2.59. The van der Waals surface area contributed by atoms with E-state index in [2.05, 4.69) is 26.0 Å². The fourth-order valence-electron chi connectivity index (χ4n) is 6.88. The van der Waals surface area contributed by atoms with Crippen LogP contribution in [0.2, 0.25) is 5.02 Å². The van der Waals surface area contributed by atoms with E-state index in [1.54, 1.807) is 20.8 Å². The summed E-state index contributed by atoms with van der Waals surface area (Å²) >= 11 is 7.53. The van der Waals surface area contributed by atoms with Crippen molar-refractivity contribution in [3.63, 3.8) is 0 Å². The molecule has 0 bridgehead atoms. The van der Waals surface area contributed by atoms with Crippen LogP contribution in [-0.2, 0) is 24.4 Å². The van der Waals surface area contributed by atoms with Crippen molar-refractivity contribution in [2.24, 2.45) is 5.92 Å². The standard InChI is InChI=1S/C35H44ClFN6O7S2/c1-34(2,3)41-33(48)39-24-10-8-6-4-5-7-9-19-17-35(19,32(47)42-52(49,50)22-12-13-22)40-29(44)25-16-21(18-43(25)31(24)46)38-30(45)28-27(36)23-14-11-20(37)15-26(23)51-28/h7,9,11,14-15,19,21-22,24-25H,4-6,8,10,12-13,16-18H2,1-3H3,(H,38,45)(H,40,44)(H,42,47)(H2,39,41,48)/t19-,21-,24+,25+,35-/m1/s1. The van der Waals surface area contributed by atoms with E-state index in [9.17, 15) is 36.8 Å². The summed E-state index contributed by atoms with van der Waals surface area (Å²) in [6.45, 7) is 5.31. The molecular formula is C35H44ClFN6O7S2. The minimum Gasteiger partial charge on any atom is -0.347 e. The second kappa shape index (κ2) is 14.6. The average Bonchev–Trinajstić information content (AvgIpc) is 3.96. The summed E-state index contributed by atoms with van der Waals surface area (Å²) in [4.78, 5) is 70.2. The molecule has 0 radical (unpaired) electrons. The predicted octanol–water partition coefficient (Wildman–Crippen LogP) is 3.86. The van der Waals surface area contributed by atoms with Gasteiger partial charge in [-0.15, -0.1) is 11.3 Å². The Morgan fingerprint density at radius 2 is 1.83 bits per heavy atom. The predicted molar refractivity (Wildman–Crippen MR) is 195 cm³/mol. The molecule has 282 valence electrons. The highest BCUT2D eigenvalue weighted by Gasteiger charge is 2.62. The maximum atomic E-state index is 14.4. The van der Waals surface area contributed by atoms with Gasteiger partial charge in [-0.3, -0.25) is 23.9 Å². The molecule has 1 aromatic carbocycles. The maximum Gasteiger partial charge on any atom is 0.315 e. The van der Waals surface area contributed by atoms with Gasteiger partial charge in [0.1, 0.15) is 28.3 Å². The fourth-order valence-corrected chi connectivity index (χ4v) is 9.68. The number of amides is 6. The lowest BCUT2D eigenvalue weighted by Gasteiger charge is -2.31. The third-order valence-electron chi connectivity index (χ3n) is 9.81. The molecule has 17 heteroatoms. The molecule has 1 saturated heterocycles. The van der Waals surface area contributed by atoms with Crippen LogP contribution < -0.4 is 26.0 Å². The van der Waals surface area contributed by atoms with Crippen LogP contribution in [0.15, 0.2) is 30.4 Å². The zero-order valence-corrected chi connectivity index (χ0v) is 31.6. The van der Waals surface area contributed by atoms with Gasteiger partial charge in [-0.05, 0) is 83.9 Å². The molecule has 13 nitrogen and oxygen atoms in total. The number of hydrogen-bond acceptors (Lipinski definition) is 8. The second-order valence-corrected chi connectivity index (χ2v) is 18.6. The number of allylic oxidation sites excluding steroid dienone is 1. The molecule has 2 aliphatic carbocycles. The molecule has 3 fully saturated rings. The van der Waals surface area contributed by atoms with Gasteiger partial charge in [0, 0.05) is 34.1 Å². The van der Waals surface area contributed by atoms with Crippen LogP contribution in [0.1, 0.15) is 88.2 Å². The van der Waals surface area contributed by atoms with Crippen molar-refractivity contribution in [1.29, 1.82) is 0 Å². The van der Waals surface area contributed by atoms with Crippen molar-refractivity contribution in [3.05, 3.63) is 46.1 Å². The molecule has 0 spiro atoms. The Labute approximate surface area is 310 Å². The van der Waals surface area contributed by atoms with Crippen molar-refractivity contribution < 1.29 is 36.8 Å². The second-order valence-electron chi connectivity index (χ2n) is 15.2. The third-order valence-corrected chi connectivity index (χ3v) is 13.3. The van der Waals surface area contributed by atoms with E-state index < -0.39 is 85.9 Å². The molecule has 2 saturated carbocycles. The minimum absolute atomic E-state index is 0.0417. The van der Waals surface area contributed by atoms with Crippen molar-refractivity contribution in [3.8, 4) is 0 Å². The number of nitrogens with zero attached hydrogens (tertiary/aromatic N) is 1. The van der Waals surface area contributed by atoms with Gasteiger partial charge in [0.15, 0.2) is 0 Å². The van der Waals surface area contributed by atoms with Gasteiger partial charge in [-0.25, -0.2) is 17.6 Å². The molecule has 52 heavy (non-hydrogen) atoms. The number of benzene rings is 1. The van der Waals surface area contributed by atoms with Crippen molar-refractivity contribution >= 4 is 72.7 Å². The van der Waals surface area contributed by atoms with Crippen LogP contribution in [0, 0.1) is 11.7 Å². The number of rotatable bonds is 6. The van der Waals surface area contributed by atoms with Crippen LogP contribution in [0.4, 0.5) is 9.18 Å². The summed E-state index contributed by atoms with van der Waals surface area (Å²) in [7, 11) is -3.92. The number of carbonyl (C=O) groups is 5. The van der Waals surface area contributed by atoms with E-state index in [-0.39, 0.29) is 29.3 Å². The van der Waals surface area contributed by atoms with Crippen LogP contribution in [0.25, 0.3) is 10.1 Å². The summed E-state index contributed by atoms with van der Waals surface area (Å²) in [5, 5.41) is 11.3. The van der Waals surface area contributed by atoms with Crippen molar-refractivity contribution in [2.45, 2.75) is 113 Å². The Kier molecular flexibility index (Phi) is 10.6. The van der Waals surface area contributed by atoms with Crippen LogP contribution in [0.5, 0.6) is 0 Å². The van der Waals surface area contributed by atoms with Gasteiger partial charge < -0.3 is 26.2 Å². The fraction of sp³-hybridized carbons (Fsp3) is 0.571. The van der Waals surface area contributed by atoms with Gasteiger partial charge in [0.2, 0.25) is 21.8 Å². The summed E-state index contributed by atoms with van der Waals surface area (Å²) in [5.41, 5.74) is -2.14. The average molecular weight is 779 g/mol. The number of urea groups is 1. The molecular weight excluding hydrogens is 735 g/mol. The number of halogens is 2. The van der Waals surface area contributed by atoms with E-state index in [1.165, 1.54) is 23.1 Å². The van der Waals surface area contributed by atoms with Crippen molar-refractivity contribution in [2.75, 3.05) is 6.54 Å². The Morgan fingerprint density at radius 3 is 2.54 bits per heavy atom. The minimum atomic E-state index is -3.92. The Morgan fingerprint density at radius 1 is 1.08 bits per heavy atom. The Hall–Kier alpha value is -3.76. The van der Waals surface area contributed by atoms with E-state index in [1.807, 2.05) is 12.2 Å². The molecule has 5 atom stereocenters. The number of thiophene rings is 1. The largest absolute Gasteiger partial charge is 0.347 e. The highest BCUT2D eigenvalue weighted by atomic mass is 35.5. The summed E-state index contributed by atoms with van der Waals surface area (Å²) < 4.78 is 42.1. The summed E-state index contributed by atoms with van der Waals surface area (Å²) in [6, 6.07) is 0.526. The molecule has 1 aromatic heterocycles. The van der Waals surface area contributed by atoms with Crippen LogP contribution >= 0.6 is 22.9 Å². The monoisotopic (exact) mass is 778 g/mol. The zero-order chi connectivity index (χ0) is 37.6. The van der Waals surface area contributed by atoms with E-state index in [0.29, 0.717) is 42.2 Å². The van der Waals surface area contributed by atoms with Gasteiger partial charge in [0.25, 0.3) is 11.8 Å². The Balaban J connectivity index is 1.29. The van der Waals surface area contributed by atoms with Gasteiger partial charge in [-0.2, -0.15) is 0 Å². The number of sulfonamides is 1. The highest BCUT2D eigenvalue weighted by molar-refractivity contribution is 7.91. The number of carbonyl (C=O) groups excluding carboxylic acids is 5. The first-order valence-electron chi connectivity index (χ1n) is 17.6. The van der Waals surface area contributed by atoms with Crippen LogP contribution in [0.3, 0.4) is 0 Å². The molecule has 4 aliphatic rings. The smallest absolute Gasteiger partial charge is 0.315 e. The van der Waals surface area contributed by atoms with Crippen LogP contribution in [-0.4, -0.2) is 84.0 Å². The molecule has 6 rings (SSSR count). The zero-order valence-electron chi connectivity index (χ0n) is 29.2. The third kappa shape index (κ3) is 8.38. The lowest BCUT2D eigenvalue weighted by molar-refractivity contribution is -0.141. The first-order chi connectivity index (χ1) is 24.5. The molecule has 6 amide bonds. The van der Waals surface area contributed by atoms with Gasteiger partial charge >= 0.3 is 6.03 Å². The van der Waals surface area contributed by atoms with E-state index in [0.717, 1.165) is 24.2 Å². The highest BCUT2D eigenvalue weighted by Crippen LogP contribution is 2.46. The summed E-state index contributed by atoms with van der Waals surface area (Å²) in [6.07, 6.45) is 7.85. The van der Waals surface area contributed by atoms with Gasteiger partial charge in [0.05, 0.1) is 10.3 Å². The lowest BCUT2D eigenvalue weighted by atomic mass is 10.0.